The van der Waals surface area contributed by atoms with Crippen LogP contribution in [-0.4, -0.2) is 47.9 Å². The maximum atomic E-state index is 11.5. The van der Waals surface area contributed by atoms with Crippen LogP contribution < -0.4 is 0 Å². The number of methoxy groups -OCH3 is 1. The Balaban J connectivity index is 2.05. The van der Waals surface area contributed by atoms with Crippen molar-refractivity contribution in [3.63, 3.8) is 0 Å². The Kier molecular flexibility index (Phi) is 4.74. The van der Waals surface area contributed by atoms with E-state index in [1.165, 1.54) is 12.1 Å². The standard InChI is InChI=1S/C13H14ClN3O4/c1-21-13(18)12-11(17(19)20)8-16(15-12)7-6-9-4-2-3-5-10(9)14/h2-5,11H,6-8H2,1H3. The average molecular weight is 312 g/mol. The van der Waals surface area contributed by atoms with Crippen molar-refractivity contribution < 1.29 is 14.5 Å². The van der Waals surface area contributed by atoms with Gasteiger partial charge in [0.2, 0.25) is 5.71 Å². The van der Waals surface area contributed by atoms with Gasteiger partial charge in [-0.15, -0.1) is 0 Å². The highest BCUT2D eigenvalue weighted by molar-refractivity contribution is 6.38. The molecule has 0 spiro atoms. The number of benzene rings is 1. The van der Waals surface area contributed by atoms with Gasteiger partial charge in [-0.1, -0.05) is 29.8 Å². The van der Waals surface area contributed by atoms with Crippen molar-refractivity contribution in [2.45, 2.75) is 12.5 Å². The minimum Gasteiger partial charge on any atom is -0.464 e. The van der Waals surface area contributed by atoms with Gasteiger partial charge in [0.05, 0.1) is 7.11 Å². The molecule has 7 nitrogen and oxygen atoms in total. The first kappa shape index (κ1) is 15.2. The molecule has 21 heavy (non-hydrogen) atoms. The molecule has 0 saturated heterocycles. The molecular formula is C13H14ClN3O4. The lowest BCUT2D eigenvalue weighted by Crippen LogP contribution is -2.36. The van der Waals surface area contributed by atoms with E-state index in [1.807, 2.05) is 18.2 Å². The average Bonchev–Trinajstić information content (AvgIpc) is 2.90. The number of carbonyl (C=O) groups excluding carboxylic acids is 1. The van der Waals surface area contributed by atoms with E-state index in [-0.39, 0.29) is 12.3 Å². The zero-order valence-electron chi connectivity index (χ0n) is 11.4. The van der Waals surface area contributed by atoms with Crippen LogP contribution in [0.3, 0.4) is 0 Å². The van der Waals surface area contributed by atoms with Crippen LogP contribution in [-0.2, 0) is 16.0 Å². The fourth-order valence-electron chi connectivity index (χ4n) is 2.09. The molecule has 1 atom stereocenters. The summed E-state index contributed by atoms with van der Waals surface area (Å²) in [4.78, 5) is 22.0. The van der Waals surface area contributed by atoms with E-state index in [0.717, 1.165) is 5.56 Å². The normalized spacial score (nSPS) is 17.5. The predicted octanol–water partition coefficient (Wildman–Crippen LogP) is 1.37. The van der Waals surface area contributed by atoms with E-state index in [4.69, 9.17) is 11.6 Å². The third kappa shape index (κ3) is 3.49. The van der Waals surface area contributed by atoms with Crippen LogP contribution in [0.5, 0.6) is 0 Å². The molecule has 0 aliphatic carbocycles. The fraction of sp³-hybridized carbons (Fsp3) is 0.385. The van der Waals surface area contributed by atoms with Crippen LogP contribution in [0.25, 0.3) is 0 Å². The number of hydrazone groups is 1. The van der Waals surface area contributed by atoms with E-state index in [9.17, 15) is 14.9 Å². The molecule has 1 aliphatic heterocycles. The van der Waals surface area contributed by atoms with Gasteiger partial charge in [0.1, 0.15) is 6.54 Å². The van der Waals surface area contributed by atoms with Crippen molar-refractivity contribution >= 4 is 23.3 Å². The van der Waals surface area contributed by atoms with Gasteiger partial charge in [-0.2, -0.15) is 5.10 Å². The van der Waals surface area contributed by atoms with Crippen LogP contribution in [0, 0.1) is 10.1 Å². The topological polar surface area (TPSA) is 85.0 Å². The molecule has 8 heteroatoms. The number of esters is 1. The molecule has 1 aromatic rings. The second-order valence-electron chi connectivity index (χ2n) is 4.53. The van der Waals surface area contributed by atoms with Crippen LogP contribution in [0.4, 0.5) is 0 Å². The molecule has 1 unspecified atom stereocenters. The highest BCUT2D eigenvalue weighted by Crippen LogP contribution is 2.17. The van der Waals surface area contributed by atoms with Crippen molar-refractivity contribution in [1.29, 1.82) is 0 Å². The first-order chi connectivity index (χ1) is 10.0. The number of hydrogen-bond donors (Lipinski definition) is 0. The minimum absolute atomic E-state index is 0.0574. The molecule has 112 valence electrons. The summed E-state index contributed by atoms with van der Waals surface area (Å²) in [5, 5.41) is 17.1. The molecule has 1 aromatic carbocycles. The molecule has 0 aromatic heterocycles. The van der Waals surface area contributed by atoms with E-state index >= 15 is 0 Å². The van der Waals surface area contributed by atoms with Gasteiger partial charge in [0.15, 0.2) is 0 Å². The lowest BCUT2D eigenvalue weighted by Gasteiger charge is -2.13. The van der Waals surface area contributed by atoms with Gasteiger partial charge < -0.3 is 4.74 Å². The maximum Gasteiger partial charge on any atom is 0.361 e. The highest BCUT2D eigenvalue weighted by atomic mass is 35.5. The minimum atomic E-state index is -1.15. The van der Waals surface area contributed by atoms with E-state index < -0.39 is 16.9 Å². The summed E-state index contributed by atoms with van der Waals surface area (Å²) >= 11 is 6.05. The molecular weight excluding hydrogens is 298 g/mol. The zero-order valence-corrected chi connectivity index (χ0v) is 12.1. The predicted molar refractivity (Wildman–Crippen MR) is 77.0 cm³/mol. The summed E-state index contributed by atoms with van der Waals surface area (Å²) < 4.78 is 4.52. The maximum absolute atomic E-state index is 11.5. The lowest BCUT2D eigenvalue weighted by molar-refractivity contribution is -0.500. The van der Waals surface area contributed by atoms with Crippen molar-refractivity contribution in [3.8, 4) is 0 Å². The molecule has 0 saturated carbocycles. The van der Waals surface area contributed by atoms with Crippen LogP contribution >= 0.6 is 11.6 Å². The molecule has 0 N–H and O–H groups in total. The quantitative estimate of drug-likeness (QED) is 0.466. The van der Waals surface area contributed by atoms with E-state index in [2.05, 4.69) is 9.84 Å². The third-order valence-corrected chi connectivity index (χ3v) is 3.56. The van der Waals surface area contributed by atoms with Gasteiger partial charge in [0, 0.05) is 16.5 Å². The Bertz CT molecular complexity index is 591. The number of hydrogen-bond acceptors (Lipinski definition) is 6. The monoisotopic (exact) mass is 311 g/mol. The van der Waals surface area contributed by atoms with Gasteiger partial charge in [-0.25, -0.2) is 4.79 Å². The summed E-state index contributed by atoms with van der Waals surface area (Å²) in [5.41, 5.74) is 0.764. The number of carbonyl (C=O) groups is 1. The highest BCUT2D eigenvalue weighted by Gasteiger charge is 2.40. The molecule has 0 amide bonds. The summed E-state index contributed by atoms with van der Waals surface area (Å²) in [6.07, 6.45) is 0.585. The fourth-order valence-corrected chi connectivity index (χ4v) is 2.32. The second-order valence-corrected chi connectivity index (χ2v) is 4.94. The van der Waals surface area contributed by atoms with Crippen LogP contribution in [0.2, 0.25) is 5.02 Å². The second kappa shape index (κ2) is 6.53. The number of ether oxygens (including phenoxy) is 1. The van der Waals surface area contributed by atoms with Gasteiger partial charge in [-0.05, 0) is 18.1 Å². The zero-order chi connectivity index (χ0) is 15.4. The lowest BCUT2D eigenvalue weighted by atomic mass is 10.1. The molecule has 0 bridgehead atoms. The molecule has 0 radical (unpaired) electrons. The van der Waals surface area contributed by atoms with Gasteiger partial charge in [-0.3, -0.25) is 15.1 Å². The Morgan fingerprint density at radius 3 is 2.90 bits per heavy atom. The largest absolute Gasteiger partial charge is 0.464 e. The van der Waals surface area contributed by atoms with Crippen molar-refractivity contribution in [2.75, 3.05) is 20.2 Å². The third-order valence-electron chi connectivity index (χ3n) is 3.19. The number of halogens is 1. The number of nitrogens with zero attached hydrogens (tertiary/aromatic N) is 3. The van der Waals surface area contributed by atoms with Crippen LogP contribution in [0.1, 0.15) is 5.56 Å². The van der Waals surface area contributed by atoms with Crippen molar-refractivity contribution in [2.24, 2.45) is 5.10 Å². The van der Waals surface area contributed by atoms with Crippen molar-refractivity contribution in [3.05, 3.63) is 45.0 Å². The van der Waals surface area contributed by atoms with Gasteiger partial charge >= 0.3 is 5.97 Å². The summed E-state index contributed by atoms with van der Waals surface area (Å²) in [6, 6.07) is 6.22. The Morgan fingerprint density at radius 2 is 2.29 bits per heavy atom. The SMILES string of the molecule is COC(=O)C1=NN(CCc2ccccc2Cl)CC1[N+](=O)[O-]. The van der Waals surface area contributed by atoms with E-state index in [0.29, 0.717) is 18.0 Å². The Labute approximate surface area is 126 Å². The number of rotatable bonds is 5. The summed E-state index contributed by atoms with van der Waals surface area (Å²) in [7, 11) is 1.17. The summed E-state index contributed by atoms with van der Waals surface area (Å²) in [6.45, 7) is 0.496. The first-order valence-corrected chi connectivity index (χ1v) is 6.69. The number of nitro groups is 1. The smallest absolute Gasteiger partial charge is 0.361 e. The first-order valence-electron chi connectivity index (χ1n) is 6.31. The summed E-state index contributed by atoms with van der Waals surface area (Å²) in [5.74, 6) is -0.767. The van der Waals surface area contributed by atoms with Gasteiger partial charge in [0.25, 0.3) is 6.04 Å². The Hall–Kier alpha value is -2.15. The van der Waals surface area contributed by atoms with E-state index in [1.54, 1.807) is 6.07 Å². The molecule has 1 heterocycles. The molecule has 0 fully saturated rings. The van der Waals surface area contributed by atoms with Crippen LogP contribution in [0.15, 0.2) is 29.4 Å². The molecule has 2 rings (SSSR count). The molecule has 1 aliphatic rings. The van der Waals surface area contributed by atoms with Crippen molar-refractivity contribution in [1.82, 2.24) is 5.01 Å². The Morgan fingerprint density at radius 1 is 1.57 bits per heavy atom.